The molecule has 25 heavy (non-hydrogen) atoms. The third-order valence-electron chi connectivity index (χ3n) is 4.60. The Morgan fingerprint density at radius 1 is 1.48 bits per heavy atom. The highest BCUT2D eigenvalue weighted by molar-refractivity contribution is 5.80. The van der Waals surface area contributed by atoms with Gasteiger partial charge in [0.25, 0.3) is 0 Å². The van der Waals surface area contributed by atoms with Gasteiger partial charge in [-0.2, -0.15) is 0 Å². The monoisotopic (exact) mass is 350 g/mol. The lowest BCUT2D eigenvalue weighted by atomic mass is 9.99. The van der Waals surface area contributed by atoms with Crippen LogP contribution in [-0.2, 0) is 0 Å². The van der Waals surface area contributed by atoms with Crippen LogP contribution in [0.1, 0.15) is 38.3 Å². The molecule has 5 nitrogen and oxygen atoms in total. The van der Waals surface area contributed by atoms with Crippen LogP contribution in [0.5, 0.6) is 5.75 Å². The zero-order chi connectivity index (χ0) is 18.2. The quantitative estimate of drug-likeness (QED) is 0.612. The van der Waals surface area contributed by atoms with Crippen LogP contribution in [0.4, 0.5) is 4.39 Å². The molecule has 0 saturated carbocycles. The summed E-state index contributed by atoms with van der Waals surface area (Å²) in [5, 5.41) is 6.65. The van der Waals surface area contributed by atoms with E-state index in [1.807, 2.05) is 19.9 Å². The molecule has 0 bridgehead atoms. The molecule has 140 valence electrons. The number of guanidine groups is 1. The highest BCUT2D eigenvalue weighted by atomic mass is 19.1. The van der Waals surface area contributed by atoms with Gasteiger partial charge in [0.1, 0.15) is 0 Å². The first kappa shape index (κ1) is 19.5. The van der Waals surface area contributed by atoms with E-state index in [1.54, 1.807) is 6.07 Å². The van der Waals surface area contributed by atoms with Gasteiger partial charge in [0.15, 0.2) is 17.5 Å². The number of rotatable bonds is 6. The number of halogens is 1. The Morgan fingerprint density at radius 3 is 2.92 bits per heavy atom. The minimum absolute atomic E-state index is 0.0489. The molecule has 0 aliphatic carbocycles. The maximum absolute atomic E-state index is 13.9. The van der Waals surface area contributed by atoms with Crippen molar-refractivity contribution < 1.29 is 9.13 Å². The third-order valence-corrected chi connectivity index (χ3v) is 4.60. The van der Waals surface area contributed by atoms with Gasteiger partial charge in [-0.1, -0.05) is 6.07 Å². The maximum atomic E-state index is 13.9. The van der Waals surface area contributed by atoms with Crippen LogP contribution in [-0.4, -0.2) is 51.2 Å². The van der Waals surface area contributed by atoms with Crippen molar-refractivity contribution >= 4 is 5.96 Å². The van der Waals surface area contributed by atoms with Crippen molar-refractivity contribution in [2.24, 2.45) is 10.9 Å². The summed E-state index contributed by atoms with van der Waals surface area (Å²) in [4.78, 5) is 7.11. The van der Waals surface area contributed by atoms with Crippen molar-refractivity contribution in [3.63, 3.8) is 0 Å². The van der Waals surface area contributed by atoms with Gasteiger partial charge in [-0.3, -0.25) is 4.99 Å². The van der Waals surface area contributed by atoms with Gasteiger partial charge in [0, 0.05) is 19.6 Å². The van der Waals surface area contributed by atoms with Crippen molar-refractivity contribution in [1.82, 2.24) is 15.5 Å². The summed E-state index contributed by atoms with van der Waals surface area (Å²) in [5.74, 6) is 1.29. The summed E-state index contributed by atoms with van der Waals surface area (Å²) in [6.45, 7) is 7.93. The number of likely N-dealkylation sites (tertiary alicyclic amines) is 1. The predicted molar refractivity (Wildman–Crippen MR) is 101 cm³/mol. The van der Waals surface area contributed by atoms with Gasteiger partial charge >= 0.3 is 0 Å². The SMILES string of the molecule is CCNC(=NCC1CCCN(C)C1)NC(C)c1ccc(OC)c(F)c1. The molecule has 1 heterocycles. The molecular weight excluding hydrogens is 319 g/mol. The van der Waals surface area contributed by atoms with Gasteiger partial charge < -0.3 is 20.3 Å². The van der Waals surface area contributed by atoms with Crippen molar-refractivity contribution in [1.29, 1.82) is 0 Å². The Bertz CT molecular complexity index is 579. The molecule has 2 rings (SSSR count). The summed E-state index contributed by atoms with van der Waals surface area (Å²) in [6.07, 6.45) is 2.47. The topological polar surface area (TPSA) is 48.9 Å². The molecule has 6 heteroatoms. The predicted octanol–water partition coefficient (Wildman–Crippen LogP) is 2.79. The number of ether oxygens (including phenoxy) is 1. The number of hydrogen-bond acceptors (Lipinski definition) is 3. The van der Waals surface area contributed by atoms with Crippen LogP contribution >= 0.6 is 0 Å². The lowest BCUT2D eigenvalue weighted by molar-refractivity contribution is 0.214. The Morgan fingerprint density at radius 2 is 2.28 bits per heavy atom. The number of benzene rings is 1. The van der Waals surface area contributed by atoms with Gasteiger partial charge in [0.2, 0.25) is 0 Å². The van der Waals surface area contributed by atoms with Crippen LogP contribution in [0.3, 0.4) is 0 Å². The van der Waals surface area contributed by atoms with Crippen LogP contribution in [0.25, 0.3) is 0 Å². The van der Waals surface area contributed by atoms with Crippen LogP contribution < -0.4 is 15.4 Å². The molecule has 0 amide bonds. The van der Waals surface area contributed by atoms with Crippen molar-refractivity contribution in [3.8, 4) is 5.75 Å². The van der Waals surface area contributed by atoms with E-state index in [2.05, 4.69) is 22.6 Å². The molecule has 1 aromatic carbocycles. The molecular formula is C19H31FN4O. The first-order valence-electron chi connectivity index (χ1n) is 9.10. The number of hydrogen-bond donors (Lipinski definition) is 2. The van der Waals surface area contributed by atoms with Crippen LogP contribution in [0.15, 0.2) is 23.2 Å². The Kier molecular flexibility index (Phi) is 7.50. The van der Waals surface area contributed by atoms with E-state index >= 15 is 0 Å². The largest absolute Gasteiger partial charge is 0.494 e. The first-order valence-corrected chi connectivity index (χ1v) is 9.10. The molecule has 0 spiro atoms. The molecule has 2 N–H and O–H groups in total. The molecule has 0 radical (unpaired) electrons. The molecule has 1 aromatic rings. The second-order valence-electron chi connectivity index (χ2n) is 6.75. The second-order valence-corrected chi connectivity index (χ2v) is 6.75. The average Bonchev–Trinajstić information content (AvgIpc) is 2.59. The third kappa shape index (κ3) is 5.88. The normalized spacial score (nSPS) is 20.2. The molecule has 2 unspecified atom stereocenters. The van der Waals surface area contributed by atoms with E-state index in [4.69, 9.17) is 9.73 Å². The minimum Gasteiger partial charge on any atom is -0.494 e. The molecule has 1 aliphatic heterocycles. The summed E-state index contributed by atoms with van der Waals surface area (Å²) >= 11 is 0. The molecule has 0 aromatic heterocycles. The summed E-state index contributed by atoms with van der Waals surface area (Å²) in [6, 6.07) is 4.99. The van der Waals surface area contributed by atoms with E-state index in [1.165, 1.54) is 32.6 Å². The highest BCUT2D eigenvalue weighted by Gasteiger charge is 2.17. The second kappa shape index (κ2) is 9.61. The van der Waals surface area contributed by atoms with Crippen LogP contribution in [0.2, 0.25) is 0 Å². The summed E-state index contributed by atoms with van der Waals surface area (Å²) in [5.41, 5.74) is 0.862. The van der Waals surface area contributed by atoms with Gasteiger partial charge in [-0.15, -0.1) is 0 Å². The summed E-state index contributed by atoms with van der Waals surface area (Å²) < 4.78 is 18.9. The van der Waals surface area contributed by atoms with E-state index in [0.29, 0.717) is 5.92 Å². The average molecular weight is 350 g/mol. The zero-order valence-electron chi connectivity index (χ0n) is 15.8. The first-order chi connectivity index (χ1) is 12.0. The van der Waals surface area contributed by atoms with Gasteiger partial charge in [-0.25, -0.2) is 4.39 Å². The maximum Gasteiger partial charge on any atom is 0.191 e. The van der Waals surface area contributed by atoms with Crippen molar-refractivity contribution in [2.75, 3.05) is 40.3 Å². The molecule has 2 atom stereocenters. The fraction of sp³-hybridized carbons (Fsp3) is 0.632. The molecule has 1 aliphatic rings. The molecule has 1 fully saturated rings. The number of nitrogens with zero attached hydrogens (tertiary/aromatic N) is 2. The zero-order valence-corrected chi connectivity index (χ0v) is 15.8. The smallest absolute Gasteiger partial charge is 0.191 e. The Balaban J connectivity index is 1.99. The van der Waals surface area contributed by atoms with Crippen LogP contribution in [0, 0.1) is 11.7 Å². The van der Waals surface area contributed by atoms with E-state index in [0.717, 1.165) is 31.2 Å². The Hall–Kier alpha value is -1.82. The fourth-order valence-electron chi connectivity index (χ4n) is 3.20. The van der Waals surface area contributed by atoms with Gasteiger partial charge in [-0.05, 0) is 63.9 Å². The van der Waals surface area contributed by atoms with Gasteiger partial charge in [0.05, 0.1) is 13.2 Å². The van der Waals surface area contributed by atoms with Crippen molar-refractivity contribution in [2.45, 2.75) is 32.7 Å². The van der Waals surface area contributed by atoms with E-state index in [-0.39, 0.29) is 17.6 Å². The number of piperidine rings is 1. The number of methoxy groups -OCH3 is 1. The summed E-state index contributed by atoms with van der Waals surface area (Å²) in [7, 11) is 3.64. The number of nitrogens with one attached hydrogen (secondary N) is 2. The minimum atomic E-state index is -0.346. The lowest BCUT2D eigenvalue weighted by Crippen LogP contribution is -2.40. The fourth-order valence-corrected chi connectivity index (χ4v) is 3.20. The van der Waals surface area contributed by atoms with Crippen molar-refractivity contribution in [3.05, 3.63) is 29.6 Å². The highest BCUT2D eigenvalue weighted by Crippen LogP contribution is 2.21. The number of aliphatic imine (C=N–C) groups is 1. The Labute approximate surface area is 150 Å². The van der Waals surface area contributed by atoms with E-state index < -0.39 is 0 Å². The van der Waals surface area contributed by atoms with E-state index in [9.17, 15) is 4.39 Å². The lowest BCUT2D eigenvalue weighted by Gasteiger charge is -2.29. The molecule has 1 saturated heterocycles. The standard InChI is InChI=1S/C19H31FN4O/c1-5-21-19(22-12-15-7-6-10-24(3)13-15)23-14(2)16-8-9-18(25-4)17(20)11-16/h8-9,11,14-15H,5-7,10,12-13H2,1-4H3,(H2,21,22,23).